The van der Waals surface area contributed by atoms with Crippen molar-refractivity contribution < 1.29 is 4.52 Å². The van der Waals surface area contributed by atoms with Gasteiger partial charge in [0.1, 0.15) is 0 Å². The molecule has 0 atom stereocenters. The number of hydrogen-bond acceptors (Lipinski definition) is 4. The van der Waals surface area contributed by atoms with Crippen molar-refractivity contribution >= 4 is 17.1 Å². The number of hydrogen-bond donors (Lipinski definition) is 0. The van der Waals surface area contributed by atoms with Crippen molar-refractivity contribution in [2.75, 3.05) is 4.90 Å². The third-order valence-electron chi connectivity index (χ3n) is 6.74. The lowest BCUT2D eigenvalue weighted by Crippen LogP contribution is -2.30. The molecule has 1 aliphatic rings. The summed E-state index contributed by atoms with van der Waals surface area (Å²) >= 11 is 0. The first kappa shape index (κ1) is 20.4. The molecule has 0 saturated carbocycles. The van der Waals surface area contributed by atoms with Crippen molar-refractivity contribution in [1.29, 1.82) is 0 Å². The third-order valence-corrected chi connectivity index (χ3v) is 6.74. The topological polar surface area (TPSA) is 42.2 Å². The lowest BCUT2D eigenvalue weighted by Gasteiger charge is -2.42. The van der Waals surface area contributed by atoms with Crippen LogP contribution in [0, 0.1) is 6.92 Å². The van der Waals surface area contributed by atoms with Gasteiger partial charge in [-0.05, 0) is 66.6 Å². The van der Waals surface area contributed by atoms with Crippen molar-refractivity contribution in [2.45, 2.75) is 26.2 Å². The summed E-state index contributed by atoms with van der Waals surface area (Å²) in [4.78, 5) is 6.96. The van der Waals surface area contributed by atoms with Crippen LogP contribution in [0.25, 0.3) is 22.8 Å². The minimum Gasteiger partial charge on any atom is -0.334 e. The van der Waals surface area contributed by atoms with E-state index in [2.05, 4.69) is 109 Å². The zero-order valence-corrected chi connectivity index (χ0v) is 19.5. The summed E-state index contributed by atoms with van der Waals surface area (Å²) in [5.41, 5.74) is 9.12. The predicted octanol–water partition coefficient (Wildman–Crippen LogP) is 7.82. The van der Waals surface area contributed by atoms with E-state index in [1.54, 1.807) is 0 Å². The molecule has 2 heterocycles. The van der Waals surface area contributed by atoms with Crippen LogP contribution in [0.15, 0.2) is 102 Å². The molecule has 166 valence electrons. The molecule has 0 spiro atoms. The molecule has 0 radical (unpaired) electrons. The summed E-state index contributed by atoms with van der Waals surface area (Å²) < 4.78 is 5.54. The van der Waals surface area contributed by atoms with Gasteiger partial charge < -0.3 is 9.42 Å². The summed E-state index contributed by atoms with van der Waals surface area (Å²) in [6.45, 7) is 6.66. The predicted molar refractivity (Wildman–Crippen MR) is 137 cm³/mol. The average molecular weight is 444 g/mol. The van der Waals surface area contributed by atoms with Crippen molar-refractivity contribution in [3.05, 3.63) is 114 Å². The fraction of sp³-hybridized carbons (Fsp3) is 0.133. The van der Waals surface area contributed by atoms with Crippen LogP contribution in [-0.4, -0.2) is 10.1 Å². The van der Waals surface area contributed by atoms with E-state index in [4.69, 9.17) is 4.52 Å². The number of fused-ring (bicyclic) bond motifs is 2. The Bertz CT molecular complexity index is 1430. The number of aromatic nitrogens is 2. The van der Waals surface area contributed by atoms with Crippen molar-refractivity contribution in [2.24, 2.45) is 0 Å². The molecule has 4 aromatic carbocycles. The second kappa shape index (κ2) is 7.70. The maximum absolute atomic E-state index is 5.54. The molecule has 0 fully saturated rings. The fourth-order valence-corrected chi connectivity index (χ4v) is 4.86. The van der Waals surface area contributed by atoms with Gasteiger partial charge in [0, 0.05) is 22.2 Å². The second-order valence-electron chi connectivity index (χ2n) is 9.33. The first-order valence-corrected chi connectivity index (χ1v) is 11.5. The minimum absolute atomic E-state index is 0.0688. The monoisotopic (exact) mass is 443 g/mol. The van der Waals surface area contributed by atoms with Crippen LogP contribution < -0.4 is 4.90 Å². The van der Waals surface area contributed by atoms with Gasteiger partial charge >= 0.3 is 0 Å². The summed E-state index contributed by atoms with van der Waals surface area (Å²) in [6.07, 6.45) is 0. The SMILES string of the molecule is Cc1ccc(-c2nc(-c3ccc(N4c5ccccc5C(C)(C)c5ccccc54)cc3)no2)cc1. The zero-order valence-electron chi connectivity index (χ0n) is 19.5. The maximum Gasteiger partial charge on any atom is 0.258 e. The van der Waals surface area contributed by atoms with Gasteiger partial charge in [-0.15, -0.1) is 0 Å². The van der Waals surface area contributed by atoms with E-state index in [1.165, 1.54) is 28.1 Å². The molecule has 0 aliphatic carbocycles. The van der Waals surface area contributed by atoms with Gasteiger partial charge in [-0.1, -0.05) is 73.1 Å². The van der Waals surface area contributed by atoms with Crippen LogP contribution in [-0.2, 0) is 5.41 Å². The van der Waals surface area contributed by atoms with E-state index in [0.29, 0.717) is 11.7 Å². The summed E-state index contributed by atoms with van der Waals surface area (Å²) in [7, 11) is 0. The second-order valence-corrected chi connectivity index (χ2v) is 9.33. The molecule has 0 bridgehead atoms. The molecule has 1 aromatic heterocycles. The van der Waals surface area contributed by atoms with Gasteiger partial charge in [0.2, 0.25) is 5.82 Å². The van der Waals surface area contributed by atoms with Crippen LogP contribution in [0.3, 0.4) is 0 Å². The van der Waals surface area contributed by atoms with Gasteiger partial charge in [-0.25, -0.2) is 0 Å². The standard InChI is InChI=1S/C30H25N3O/c1-20-12-14-22(15-13-20)29-31-28(32-34-29)21-16-18-23(19-17-21)33-26-10-6-4-8-24(26)30(2,3)25-9-5-7-11-27(25)33/h4-19H,1-3H3. The Morgan fingerprint density at radius 2 is 1.24 bits per heavy atom. The van der Waals surface area contributed by atoms with E-state index < -0.39 is 0 Å². The van der Waals surface area contributed by atoms with Gasteiger partial charge in [-0.3, -0.25) is 0 Å². The highest BCUT2D eigenvalue weighted by Crippen LogP contribution is 2.51. The van der Waals surface area contributed by atoms with Crippen molar-refractivity contribution in [3.63, 3.8) is 0 Å². The Balaban J connectivity index is 1.39. The van der Waals surface area contributed by atoms with Gasteiger partial charge in [-0.2, -0.15) is 4.98 Å². The van der Waals surface area contributed by atoms with E-state index in [-0.39, 0.29) is 5.41 Å². The van der Waals surface area contributed by atoms with Crippen molar-refractivity contribution in [1.82, 2.24) is 10.1 Å². The molecule has 4 nitrogen and oxygen atoms in total. The Labute approximate surface area is 199 Å². The zero-order chi connectivity index (χ0) is 23.3. The van der Waals surface area contributed by atoms with Gasteiger partial charge in [0.25, 0.3) is 5.89 Å². The van der Waals surface area contributed by atoms with Crippen LogP contribution in [0.1, 0.15) is 30.5 Å². The highest BCUT2D eigenvalue weighted by Gasteiger charge is 2.36. The summed E-state index contributed by atoms with van der Waals surface area (Å²) in [5.74, 6) is 1.11. The van der Waals surface area contributed by atoms with Crippen LogP contribution in [0.4, 0.5) is 17.1 Å². The third kappa shape index (κ3) is 3.22. The lowest BCUT2D eigenvalue weighted by atomic mass is 9.73. The fourth-order valence-electron chi connectivity index (χ4n) is 4.86. The quantitative estimate of drug-likeness (QED) is 0.285. The van der Waals surface area contributed by atoms with Crippen LogP contribution in [0.2, 0.25) is 0 Å². The molecule has 0 saturated heterocycles. The number of rotatable bonds is 3. The Kier molecular flexibility index (Phi) is 4.63. The first-order valence-electron chi connectivity index (χ1n) is 11.5. The smallest absolute Gasteiger partial charge is 0.258 e. The number of aryl methyl sites for hydroxylation is 1. The molecule has 4 heteroatoms. The molecule has 0 unspecified atom stereocenters. The Hall–Kier alpha value is -4.18. The molecule has 5 aromatic rings. The molecular formula is C30H25N3O. The largest absolute Gasteiger partial charge is 0.334 e. The Morgan fingerprint density at radius 1 is 0.676 bits per heavy atom. The van der Waals surface area contributed by atoms with Gasteiger partial charge in [0.15, 0.2) is 0 Å². The molecule has 1 aliphatic heterocycles. The number of para-hydroxylation sites is 2. The van der Waals surface area contributed by atoms with E-state index in [9.17, 15) is 0 Å². The Morgan fingerprint density at radius 3 is 1.85 bits per heavy atom. The molecule has 0 amide bonds. The molecule has 6 rings (SSSR count). The highest BCUT2D eigenvalue weighted by molar-refractivity contribution is 5.86. The lowest BCUT2D eigenvalue weighted by molar-refractivity contribution is 0.432. The number of benzene rings is 4. The average Bonchev–Trinajstić information content (AvgIpc) is 3.36. The first-order chi connectivity index (χ1) is 16.5. The molecule has 0 N–H and O–H groups in total. The molecular weight excluding hydrogens is 418 g/mol. The van der Waals surface area contributed by atoms with E-state index >= 15 is 0 Å². The maximum atomic E-state index is 5.54. The van der Waals surface area contributed by atoms with Crippen molar-refractivity contribution in [3.8, 4) is 22.8 Å². The van der Waals surface area contributed by atoms with E-state index in [0.717, 1.165) is 16.8 Å². The van der Waals surface area contributed by atoms with Crippen LogP contribution in [0.5, 0.6) is 0 Å². The van der Waals surface area contributed by atoms with E-state index in [1.807, 2.05) is 24.3 Å². The van der Waals surface area contributed by atoms with Crippen LogP contribution >= 0.6 is 0 Å². The number of nitrogens with zero attached hydrogens (tertiary/aromatic N) is 3. The normalized spacial score (nSPS) is 13.9. The minimum atomic E-state index is -0.0688. The summed E-state index contributed by atoms with van der Waals surface area (Å²) in [6, 6.07) is 33.8. The number of anilines is 3. The molecule has 34 heavy (non-hydrogen) atoms. The highest BCUT2D eigenvalue weighted by atomic mass is 16.5. The van der Waals surface area contributed by atoms with Gasteiger partial charge in [0.05, 0.1) is 11.4 Å². The summed E-state index contributed by atoms with van der Waals surface area (Å²) in [5, 5.41) is 4.22.